The molecular weight excluding hydrogens is 646 g/mol. The van der Waals surface area contributed by atoms with Crippen LogP contribution in [0.1, 0.15) is 50.2 Å². The predicted octanol–water partition coefficient (Wildman–Crippen LogP) is 6.15. The summed E-state index contributed by atoms with van der Waals surface area (Å²) in [5.74, 6) is -7.17. The fraction of sp³-hybridized carbons (Fsp3) is 0.400. The first-order valence-corrected chi connectivity index (χ1v) is 17.6. The number of likely N-dealkylation sites (tertiary alicyclic amines) is 2. The van der Waals surface area contributed by atoms with Crippen LogP contribution < -0.4 is 5.32 Å². The summed E-state index contributed by atoms with van der Waals surface area (Å²) >= 11 is 0. The van der Waals surface area contributed by atoms with Gasteiger partial charge in [0.2, 0.25) is 5.91 Å². The second kappa shape index (κ2) is 14.2. The summed E-state index contributed by atoms with van der Waals surface area (Å²) in [6.07, 6.45) is 4.27. The largest absolute Gasteiger partial charge is 0.342 e. The Bertz CT molecular complexity index is 1790. The number of nitrogens with one attached hydrogen (secondary N) is 2. The number of piperidine rings is 1. The van der Waals surface area contributed by atoms with E-state index >= 15 is 8.78 Å². The van der Waals surface area contributed by atoms with Crippen LogP contribution in [0.15, 0.2) is 92.9 Å². The van der Waals surface area contributed by atoms with E-state index in [1.807, 2.05) is 0 Å². The van der Waals surface area contributed by atoms with Gasteiger partial charge in [-0.15, -0.1) is 0 Å². The van der Waals surface area contributed by atoms with Gasteiger partial charge < -0.3 is 15.6 Å². The summed E-state index contributed by atoms with van der Waals surface area (Å²) in [7, 11) is -3.31. The third kappa shape index (κ3) is 7.95. The number of benzene rings is 2. The molecule has 2 aromatic carbocycles. The van der Waals surface area contributed by atoms with Gasteiger partial charge in [0, 0.05) is 50.8 Å². The third-order valence-corrected chi connectivity index (χ3v) is 10.4. The van der Waals surface area contributed by atoms with E-state index in [9.17, 15) is 22.0 Å². The fourth-order valence-corrected chi connectivity index (χ4v) is 6.96. The Morgan fingerprint density at radius 2 is 1.73 bits per heavy atom. The molecule has 5 rings (SSSR count). The van der Waals surface area contributed by atoms with Crippen molar-refractivity contribution in [3.8, 4) is 0 Å². The minimum absolute atomic E-state index is 0.0765. The lowest BCUT2D eigenvalue weighted by molar-refractivity contribution is -0.132. The van der Waals surface area contributed by atoms with Crippen molar-refractivity contribution in [2.45, 2.75) is 56.4 Å². The van der Waals surface area contributed by atoms with Gasteiger partial charge in [-0.3, -0.25) is 9.69 Å². The van der Waals surface area contributed by atoms with E-state index in [1.165, 1.54) is 12.1 Å². The van der Waals surface area contributed by atoms with Crippen LogP contribution in [0.4, 0.5) is 17.6 Å². The van der Waals surface area contributed by atoms with Crippen LogP contribution >= 0.6 is 0 Å². The highest BCUT2D eigenvalue weighted by atomic mass is 32.2. The van der Waals surface area contributed by atoms with Crippen LogP contribution in [0.5, 0.6) is 0 Å². The molecule has 2 saturated heterocycles. The van der Waals surface area contributed by atoms with Crippen molar-refractivity contribution >= 4 is 27.8 Å². The van der Waals surface area contributed by atoms with Gasteiger partial charge in [0.1, 0.15) is 23.4 Å². The Morgan fingerprint density at radius 3 is 2.33 bits per heavy atom. The van der Waals surface area contributed by atoms with E-state index in [0.29, 0.717) is 49.6 Å². The maximum absolute atomic E-state index is 15.3. The normalized spacial score (nSPS) is 20.9. The molecule has 2 unspecified atom stereocenters. The molecule has 8 nitrogen and oxygen atoms in total. The molecule has 0 saturated carbocycles. The monoisotopic (exact) mass is 685 g/mol. The quantitative estimate of drug-likeness (QED) is 0.257. The van der Waals surface area contributed by atoms with E-state index in [0.717, 1.165) is 52.4 Å². The van der Waals surface area contributed by atoms with Crippen LogP contribution in [0.2, 0.25) is 0 Å². The third-order valence-electron chi connectivity index (χ3n) is 9.26. The van der Waals surface area contributed by atoms with Gasteiger partial charge in [0.05, 0.1) is 23.6 Å². The molecule has 0 aromatic heterocycles. The predicted molar refractivity (Wildman–Crippen MR) is 177 cm³/mol. The Morgan fingerprint density at radius 1 is 1.08 bits per heavy atom. The number of carbonyl (C=O) groups excluding carboxylic acids is 1. The molecule has 48 heavy (non-hydrogen) atoms. The zero-order valence-corrected chi connectivity index (χ0v) is 27.9. The van der Waals surface area contributed by atoms with Crippen LogP contribution in [-0.4, -0.2) is 74.5 Å². The lowest BCUT2D eigenvalue weighted by Gasteiger charge is -2.32. The molecule has 256 valence electrons. The second-order valence-electron chi connectivity index (χ2n) is 12.7. The number of amidine groups is 1. The molecule has 3 aliphatic rings. The summed E-state index contributed by atoms with van der Waals surface area (Å²) in [4.78, 5) is 21.8. The van der Waals surface area contributed by atoms with E-state index in [1.54, 1.807) is 38.1 Å². The Labute approximate surface area is 278 Å². The number of hydrogen-bond acceptors (Lipinski definition) is 7. The topological polar surface area (TPSA) is 106 Å². The summed E-state index contributed by atoms with van der Waals surface area (Å²) in [6, 6.07) is 11.5. The summed E-state index contributed by atoms with van der Waals surface area (Å²) in [5, 5.41) is 11.6. The molecule has 3 aliphatic heterocycles. The molecule has 2 fully saturated rings. The number of rotatable bonds is 8. The van der Waals surface area contributed by atoms with E-state index in [2.05, 4.69) is 15.2 Å². The lowest BCUT2D eigenvalue weighted by Crippen LogP contribution is -2.42. The van der Waals surface area contributed by atoms with Crippen molar-refractivity contribution < 1.29 is 30.8 Å². The number of hydrogen-bond donors (Lipinski definition) is 2. The zero-order valence-electron chi connectivity index (χ0n) is 27.1. The molecule has 13 heteroatoms. The average Bonchev–Trinajstić information content (AvgIpc) is 3.31. The SMILES string of the molecule is CC1=C(C)C(NC(=C2CCN(Cc3ccc(S(C)(=O)=O)cc3)CC2)C(C=N)C(=O)N2CC(c3ccc(F)cc3)C(F)(F)C2)=NC=C(F)C1. The van der Waals surface area contributed by atoms with Gasteiger partial charge in [-0.2, -0.15) is 0 Å². The van der Waals surface area contributed by atoms with Gasteiger partial charge in [-0.25, -0.2) is 31.0 Å². The Kier molecular flexibility index (Phi) is 10.4. The van der Waals surface area contributed by atoms with Gasteiger partial charge in [-0.05, 0) is 73.2 Å². The highest BCUT2D eigenvalue weighted by molar-refractivity contribution is 7.90. The van der Waals surface area contributed by atoms with E-state index in [-0.39, 0.29) is 23.4 Å². The van der Waals surface area contributed by atoms with Crippen LogP contribution in [0.25, 0.3) is 0 Å². The molecule has 0 spiro atoms. The second-order valence-corrected chi connectivity index (χ2v) is 14.7. The number of nitrogens with zero attached hydrogens (tertiary/aromatic N) is 3. The van der Waals surface area contributed by atoms with Crippen molar-refractivity contribution in [1.29, 1.82) is 5.41 Å². The number of sulfone groups is 1. The van der Waals surface area contributed by atoms with Crippen molar-refractivity contribution in [1.82, 2.24) is 15.1 Å². The molecule has 2 aromatic rings. The summed E-state index contributed by atoms with van der Waals surface area (Å²) < 4.78 is 82.1. The number of halogens is 4. The number of aliphatic imine (C=N–C) groups is 1. The first-order valence-electron chi connectivity index (χ1n) is 15.7. The molecule has 1 amide bonds. The Hall–Kier alpha value is -4.10. The number of allylic oxidation sites excluding steroid dienone is 2. The van der Waals surface area contributed by atoms with Crippen LogP contribution in [-0.2, 0) is 21.2 Å². The van der Waals surface area contributed by atoms with Gasteiger partial charge in [0.15, 0.2) is 9.84 Å². The number of amides is 1. The molecule has 0 radical (unpaired) electrons. The number of alkyl halides is 2. The fourth-order valence-electron chi connectivity index (χ4n) is 6.33. The van der Waals surface area contributed by atoms with E-state index in [4.69, 9.17) is 5.41 Å². The average molecular weight is 686 g/mol. The highest BCUT2D eigenvalue weighted by Gasteiger charge is 2.51. The van der Waals surface area contributed by atoms with Crippen molar-refractivity contribution in [2.75, 3.05) is 32.4 Å². The zero-order chi connectivity index (χ0) is 34.8. The van der Waals surface area contributed by atoms with Gasteiger partial charge in [-0.1, -0.05) is 29.8 Å². The summed E-state index contributed by atoms with van der Waals surface area (Å²) in [6.45, 7) is 4.14. The molecule has 2 atom stereocenters. The number of carbonyl (C=O) groups is 1. The van der Waals surface area contributed by atoms with E-state index < -0.39 is 51.7 Å². The maximum atomic E-state index is 15.3. The maximum Gasteiger partial charge on any atom is 0.273 e. The molecule has 2 N–H and O–H groups in total. The van der Waals surface area contributed by atoms with Crippen molar-refractivity contribution in [3.63, 3.8) is 0 Å². The smallest absolute Gasteiger partial charge is 0.273 e. The molecule has 0 aliphatic carbocycles. The standard InChI is InChI=1S/C35H39F4N5O3S/c1-22-16-28(37)18-41-33(23(22)2)42-32(26-12-14-43(15-13-26)19-24-4-10-29(11-5-24)48(3,46)47)30(17-40)34(45)44-20-31(35(38,39)21-44)25-6-8-27(36)9-7-25/h4-11,17-18,30-31,40H,12-16,19-21H2,1-3H3,(H,41,42). The van der Waals surface area contributed by atoms with Gasteiger partial charge in [0.25, 0.3) is 5.92 Å². The Balaban J connectivity index is 1.41. The first kappa shape index (κ1) is 35.2. The minimum atomic E-state index is -3.31. The molecule has 0 bridgehead atoms. The minimum Gasteiger partial charge on any atom is -0.342 e. The van der Waals surface area contributed by atoms with Gasteiger partial charge >= 0.3 is 0 Å². The van der Waals surface area contributed by atoms with Crippen molar-refractivity contribution in [3.05, 3.63) is 99.9 Å². The molecular formula is C35H39F4N5O3S. The highest BCUT2D eigenvalue weighted by Crippen LogP contribution is 2.41. The summed E-state index contributed by atoms with van der Waals surface area (Å²) in [5.41, 5.74) is 3.74. The van der Waals surface area contributed by atoms with Crippen LogP contribution in [0.3, 0.4) is 0 Å². The van der Waals surface area contributed by atoms with Crippen LogP contribution in [0, 0.1) is 17.1 Å². The van der Waals surface area contributed by atoms with Crippen molar-refractivity contribution in [2.24, 2.45) is 10.9 Å². The lowest BCUT2D eigenvalue weighted by atomic mass is 9.92. The first-order chi connectivity index (χ1) is 22.7. The molecule has 3 heterocycles.